The first kappa shape index (κ1) is 11.5. The van der Waals surface area contributed by atoms with Gasteiger partial charge in [-0.25, -0.2) is 0 Å². The van der Waals surface area contributed by atoms with Gasteiger partial charge in [-0.15, -0.1) is 0 Å². The molecular weight excluding hydrogens is 218 g/mol. The standard InChI is InChI=1S/C12H15N3O2/c1-8(13)10-7-17-12(15-10)14-9-5-3-4-6-11(9)16-2/h3-8H,13H2,1-2H3,(H,14,15). The topological polar surface area (TPSA) is 73.3 Å². The predicted octanol–water partition coefficient (Wildman–Crippen LogP) is 2.45. The highest BCUT2D eigenvalue weighted by Gasteiger charge is 2.09. The van der Waals surface area contributed by atoms with Crippen LogP contribution in [0.4, 0.5) is 11.7 Å². The molecule has 1 unspecified atom stereocenters. The summed E-state index contributed by atoms with van der Waals surface area (Å²) < 4.78 is 10.5. The minimum absolute atomic E-state index is 0.146. The SMILES string of the molecule is COc1ccccc1Nc1nc(C(C)N)co1. The van der Waals surface area contributed by atoms with E-state index in [9.17, 15) is 0 Å². The van der Waals surface area contributed by atoms with Crippen molar-refractivity contribution in [3.05, 3.63) is 36.2 Å². The molecule has 0 amide bonds. The molecule has 0 radical (unpaired) electrons. The Kier molecular flexibility index (Phi) is 3.30. The van der Waals surface area contributed by atoms with Crippen molar-refractivity contribution in [1.82, 2.24) is 4.98 Å². The first-order valence-corrected chi connectivity index (χ1v) is 5.31. The number of hydrogen-bond donors (Lipinski definition) is 2. The summed E-state index contributed by atoms with van der Waals surface area (Å²) in [5, 5.41) is 3.04. The van der Waals surface area contributed by atoms with Crippen molar-refractivity contribution in [2.75, 3.05) is 12.4 Å². The van der Waals surface area contributed by atoms with Gasteiger partial charge in [-0.3, -0.25) is 0 Å². The third-order valence-electron chi connectivity index (χ3n) is 2.34. The molecule has 0 saturated carbocycles. The average Bonchev–Trinajstić information content (AvgIpc) is 2.78. The fourth-order valence-electron chi connectivity index (χ4n) is 1.42. The molecule has 0 bridgehead atoms. The van der Waals surface area contributed by atoms with Gasteiger partial charge < -0.3 is 20.2 Å². The summed E-state index contributed by atoms with van der Waals surface area (Å²) in [4.78, 5) is 4.22. The number of anilines is 2. The lowest BCUT2D eigenvalue weighted by molar-refractivity contribution is 0.416. The smallest absolute Gasteiger partial charge is 0.299 e. The van der Waals surface area contributed by atoms with Crippen LogP contribution in [0.5, 0.6) is 5.75 Å². The molecular formula is C12H15N3O2. The minimum atomic E-state index is -0.146. The summed E-state index contributed by atoms with van der Waals surface area (Å²) in [6.45, 7) is 1.85. The zero-order chi connectivity index (χ0) is 12.3. The van der Waals surface area contributed by atoms with E-state index in [1.807, 2.05) is 31.2 Å². The number of rotatable bonds is 4. The Balaban J connectivity index is 2.19. The number of para-hydroxylation sites is 2. The summed E-state index contributed by atoms with van der Waals surface area (Å²) in [6, 6.07) is 7.80. The molecule has 5 nitrogen and oxygen atoms in total. The van der Waals surface area contributed by atoms with Crippen LogP contribution in [0.2, 0.25) is 0 Å². The molecule has 1 aromatic carbocycles. The van der Waals surface area contributed by atoms with Crippen LogP contribution < -0.4 is 15.8 Å². The Hall–Kier alpha value is -2.01. The van der Waals surface area contributed by atoms with E-state index < -0.39 is 0 Å². The van der Waals surface area contributed by atoms with Gasteiger partial charge in [0.25, 0.3) is 6.01 Å². The van der Waals surface area contributed by atoms with Crippen LogP contribution >= 0.6 is 0 Å². The lowest BCUT2D eigenvalue weighted by Crippen LogP contribution is -2.05. The van der Waals surface area contributed by atoms with Crippen molar-refractivity contribution >= 4 is 11.7 Å². The number of nitrogens with zero attached hydrogens (tertiary/aromatic N) is 1. The van der Waals surface area contributed by atoms with Gasteiger partial charge in [-0.05, 0) is 19.1 Å². The van der Waals surface area contributed by atoms with E-state index >= 15 is 0 Å². The highest BCUT2D eigenvalue weighted by Crippen LogP contribution is 2.26. The van der Waals surface area contributed by atoms with Gasteiger partial charge in [-0.2, -0.15) is 4.98 Å². The molecule has 2 aromatic rings. The van der Waals surface area contributed by atoms with Crippen molar-refractivity contribution in [2.45, 2.75) is 13.0 Å². The fraction of sp³-hybridized carbons (Fsp3) is 0.250. The number of methoxy groups -OCH3 is 1. The number of nitrogens with one attached hydrogen (secondary N) is 1. The molecule has 17 heavy (non-hydrogen) atoms. The Bertz CT molecular complexity index is 494. The number of ether oxygens (including phenoxy) is 1. The summed E-state index contributed by atoms with van der Waals surface area (Å²) >= 11 is 0. The maximum Gasteiger partial charge on any atom is 0.299 e. The Morgan fingerprint density at radius 3 is 2.82 bits per heavy atom. The van der Waals surface area contributed by atoms with Crippen LogP contribution in [0.25, 0.3) is 0 Å². The van der Waals surface area contributed by atoms with E-state index in [-0.39, 0.29) is 6.04 Å². The van der Waals surface area contributed by atoms with Crippen molar-refractivity contribution in [3.63, 3.8) is 0 Å². The Morgan fingerprint density at radius 1 is 1.41 bits per heavy atom. The number of aromatic nitrogens is 1. The second-order valence-electron chi connectivity index (χ2n) is 3.69. The van der Waals surface area contributed by atoms with E-state index in [1.54, 1.807) is 13.4 Å². The number of oxazole rings is 1. The minimum Gasteiger partial charge on any atom is -0.495 e. The van der Waals surface area contributed by atoms with Crippen LogP contribution in [-0.4, -0.2) is 12.1 Å². The summed E-state index contributed by atoms with van der Waals surface area (Å²) in [5.41, 5.74) is 7.21. The highest BCUT2D eigenvalue weighted by atomic mass is 16.5. The molecule has 1 atom stereocenters. The second-order valence-corrected chi connectivity index (χ2v) is 3.69. The molecule has 0 aliphatic heterocycles. The van der Waals surface area contributed by atoms with Gasteiger partial charge in [0.05, 0.1) is 18.5 Å². The number of nitrogens with two attached hydrogens (primary N) is 1. The molecule has 1 heterocycles. The van der Waals surface area contributed by atoms with E-state index in [0.29, 0.717) is 11.7 Å². The van der Waals surface area contributed by atoms with Gasteiger partial charge in [0.2, 0.25) is 0 Å². The monoisotopic (exact) mass is 233 g/mol. The third-order valence-corrected chi connectivity index (χ3v) is 2.34. The predicted molar refractivity (Wildman–Crippen MR) is 65.4 cm³/mol. The van der Waals surface area contributed by atoms with Crippen molar-refractivity contribution in [3.8, 4) is 5.75 Å². The van der Waals surface area contributed by atoms with Gasteiger partial charge >= 0.3 is 0 Å². The van der Waals surface area contributed by atoms with Crippen LogP contribution in [0, 0.1) is 0 Å². The molecule has 1 aromatic heterocycles. The molecule has 0 aliphatic rings. The lowest BCUT2D eigenvalue weighted by Gasteiger charge is -2.07. The summed E-state index contributed by atoms with van der Waals surface area (Å²) in [6.07, 6.45) is 1.54. The lowest BCUT2D eigenvalue weighted by atomic mass is 10.3. The molecule has 0 aliphatic carbocycles. The normalized spacial score (nSPS) is 12.2. The Labute approximate surface area is 99.6 Å². The van der Waals surface area contributed by atoms with Crippen LogP contribution in [0.1, 0.15) is 18.7 Å². The third kappa shape index (κ3) is 2.57. The summed E-state index contributed by atoms with van der Waals surface area (Å²) in [7, 11) is 1.61. The molecule has 90 valence electrons. The van der Waals surface area contributed by atoms with Crippen molar-refractivity contribution in [2.24, 2.45) is 5.73 Å². The van der Waals surface area contributed by atoms with Crippen LogP contribution in [0.3, 0.4) is 0 Å². The van der Waals surface area contributed by atoms with Gasteiger partial charge in [0.1, 0.15) is 12.0 Å². The summed E-state index contributed by atoms with van der Waals surface area (Å²) in [5.74, 6) is 0.730. The average molecular weight is 233 g/mol. The second kappa shape index (κ2) is 4.88. The molecule has 0 spiro atoms. The molecule has 0 fully saturated rings. The number of benzene rings is 1. The molecule has 3 N–H and O–H groups in total. The molecule has 5 heteroatoms. The number of hydrogen-bond acceptors (Lipinski definition) is 5. The van der Waals surface area contributed by atoms with Gasteiger partial charge in [-0.1, -0.05) is 12.1 Å². The molecule has 2 rings (SSSR count). The first-order valence-electron chi connectivity index (χ1n) is 5.31. The maximum absolute atomic E-state index is 5.70. The van der Waals surface area contributed by atoms with E-state index in [0.717, 1.165) is 11.4 Å². The maximum atomic E-state index is 5.70. The van der Waals surface area contributed by atoms with Gasteiger partial charge in [0.15, 0.2) is 0 Å². The quantitative estimate of drug-likeness (QED) is 0.848. The van der Waals surface area contributed by atoms with Crippen LogP contribution in [-0.2, 0) is 0 Å². The Morgan fingerprint density at radius 2 is 2.18 bits per heavy atom. The van der Waals surface area contributed by atoms with Crippen molar-refractivity contribution < 1.29 is 9.15 Å². The van der Waals surface area contributed by atoms with E-state index in [2.05, 4.69) is 10.3 Å². The van der Waals surface area contributed by atoms with Crippen molar-refractivity contribution in [1.29, 1.82) is 0 Å². The molecule has 0 saturated heterocycles. The van der Waals surface area contributed by atoms with Gasteiger partial charge in [0, 0.05) is 6.04 Å². The zero-order valence-corrected chi connectivity index (χ0v) is 9.81. The highest BCUT2D eigenvalue weighted by molar-refractivity contribution is 5.61. The first-order chi connectivity index (χ1) is 8.20. The van der Waals surface area contributed by atoms with E-state index in [4.69, 9.17) is 14.9 Å². The zero-order valence-electron chi connectivity index (χ0n) is 9.81. The largest absolute Gasteiger partial charge is 0.495 e. The van der Waals surface area contributed by atoms with Crippen LogP contribution in [0.15, 0.2) is 34.9 Å². The van der Waals surface area contributed by atoms with E-state index in [1.165, 1.54) is 0 Å². The fourth-order valence-corrected chi connectivity index (χ4v) is 1.42.